The minimum absolute atomic E-state index is 0. The number of hydrogen-bond acceptors (Lipinski definition) is 1. The molecule has 0 spiro atoms. The van der Waals surface area contributed by atoms with E-state index in [9.17, 15) is 4.79 Å². The molecule has 0 atom stereocenters. The van der Waals surface area contributed by atoms with E-state index in [0.717, 1.165) is 19.3 Å². The highest BCUT2D eigenvalue weighted by atomic mass is 27.0. The molecule has 3 heteroatoms. The summed E-state index contributed by atoms with van der Waals surface area (Å²) >= 11 is 0. The van der Waals surface area contributed by atoms with Crippen molar-refractivity contribution >= 4 is 23.3 Å². The zero-order chi connectivity index (χ0) is 9.61. The summed E-state index contributed by atoms with van der Waals surface area (Å²) in [6, 6.07) is 0. The van der Waals surface area contributed by atoms with Crippen LogP contribution in [0.15, 0.2) is 0 Å². The average Bonchev–Trinajstić information content (AvgIpc) is 1.83. The molecule has 0 fully saturated rings. The third-order valence-corrected chi connectivity index (χ3v) is 1.82. The molecule has 0 heterocycles. The molecule has 0 unspecified atom stereocenters. The van der Waals surface area contributed by atoms with Crippen LogP contribution >= 0.6 is 0 Å². The Bertz CT molecular complexity index is 138. The van der Waals surface area contributed by atoms with Crippen molar-refractivity contribution in [3.8, 4) is 0 Å². The molecule has 2 nitrogen and oxygen atoms in total. The summed E-state index contributed by atoms with van der Waals surface area (Å²) in [4.78, 5) is 10.2. The zero-order valence-corrected chi connectivity index (χ0v) is 8.39. The monoisotopic (exact) mass is 202 g/mol. The predicted molar refractivity (Wildman–Crippen MR) is 60.1 cm³/mol. The lowest BCUT2D eigenvalue weighted by atomic mass is 9.89. The van der Waals surface area contributed by atoms with Gasteiger partial charge in [0.05, 0.1) is 0 Å². The summed E-state index contributed by atoms with van der Waals surface area (Å²) < 4.78 is 0. The second-order valence-corrected chi connectivity index (χ2v) is 4.52. The van der Waals surface area contributed by atoms with E-state index < -0.39 is 5.97 Å². The Balaban J connectivity index is 0. The average molecular weight is 202 g/mol. The van der Waals surface area contributed by atoms with Gasteiger partial charge in [0.25, 0.3) is 0 Å². The maximum Gasteiger partial charge on any atom is 0.303 e. The molecular formula is C10H23AlO2. The lowest BCUT2D eigenvalue weighted by Gasteiger charge is -2.17. The molecule has 0 aromatic rings. The Labute approximate surface area is 91.9 Å². The Morgan fingerprint density at radius 2 is 1.69 bits per heavy atom. The van der Waals surface area contributed by atoms with Gasteiger partial charge in [-0.1, -0.05) is 33.6 Å². The highest BCUT2D eigenvalue weighted by Gasteiger charge is 2.08. The zero-order valence-electron chi connectivity index (χ0n) is 8.39. The van der Waals surface area contributed by atoms with Gasteiger partial charge in [0.1, 0.15) is 0 Å². The van der Waals surface area contributed by atoms with Crippen LogP contribution < -0.4 is 0 Å². The van der Waals surface area contributed by atoms with Crippen LogP contribution in [0.5, 0.6) is 0 Å². The maximum atomic E-state index is 10.2. The van der Waals surface area contributed by atoms with E-state index in [2.05, 4.69) is 20.8 Å². The van der Waals surface area contributed by atoms with Crippen molar-refractivity contribution in [2.24, 2.45) is 5.41 Å². The van der Waals surface area contributed by atoms with Crippen molar-refractivity contribution < 1.29 is 9.90 Å². The first-order valence-corrected chi connectivity index (χ1v) is 4.63. The van der Waals surface area contributed by atoms with Crippen LogP contribution in [0, 0.1) is 5.41 Å². The van der Waals surface area contributed by atoms with E-state index in [-0.39, 0.29) is 17.4 Å². The summed E-state index contributed by atoms with van der Waals surface area (Å²) in [5.41, 5.74) is 0.392. The molecule has 0 aromatic carbocycles. The molecular weight excluding hydrogens is 179 g/mol. The normalized spacial score (nSPS) is 10.7. The van der Waals surface area contributed by atoms with Crippen LogP contribution in [0.1, 0.15) is 52.9 Å². The predicted octanol–water partition coefficient (Wildman–Crippen LogP) is 1.88. The van der Waals surface area contributed by atoms with Gasteiger partial charge in [0.2, 0.25) is 0 Å². The summed E-state index contributed by atoms with van der Waals surface area (Å²) in [5, 5.41) is 8.37. The molecule has 0 aliphatic rings. The molecule has 0 aliphatic heterocycles. The quantitative estimate of drug-likeness (QED) is 0.546. The van der Waals surface area contributed by atoms with Crippen LogP contribution in [-0.2, 0) is 4.79 Å². The fraction of sp³-hybridized carbons (Fsp3) is 0.900. The van der Waals surface area contributed by atoms with Crippen molar-refractivity contribution in [1.82, 2.24) is 0 Å². The number of carboxylic acid groups (broad SMARTS) is 1. The van der Waals surface area contributed by atoms with Gasteiger partial charge in [-0.25, -0.2) is 0 Å². The van der Waals surface area contributed by atoms with Crippen LogP contribution in [0.25, 0.3) is 0 Å². The van der Waals surface area contributed by atoms with E-state index in [4.69, 9.17) is 5.11 Å². The van der Waals surface area contributed by atoms with Gasteiger partial charge in [-0.05, 0) is 18.3 Å². The second kappa shape index (κ2) is 7.41. The second-order valence-electron chi connectivity index (χ2n) is 4.52. The number of hydrogen-bond donors (Lipinski definition) is 1. The Morgan fingerprint density at radius 1 is 1.15 bits per heavy atom. The summed E-state index contributed by atoms with van der Waals surface area (Å²) in [6.45, 7) is 6.64. The fourth-order valence-electron chi connectivity index (χ4n) is 1.11. The largest absolute Gasteiger partial charge is 0.481 e. The van der Waals surface area contributed by atoms with Gasteiger partial charge in [-0.2, -0.15) is 0 Å². The van der Waals surface area contributed by atoms with E-state index in [1.807, 2.05) is 0 Å². The third-order valence-electron chi connectivity index (χ3n) is 1.82. The molecule has 0 saturated carbocycles. The van der Waals surface area contributed by atoms with Crippen LogP contribution in [0.2, 0.25) is 0 Å². The van der Waals surface area contributed by atoms with Crippen molar-refractivity contribution in [3.05, 3.63) is 0 Å². The lowest BCUT2D eigenvalue weighted by molar-refractivity contribution is -0.137. The number of carbonyl (C=O) groups is 1. The molecule has 0 aliphatic carbocycles. The van der Waals surface area contributed by atoms with E-state index in [1.165, 1.54) is 6.42 Å². The van der Waals surface area contributed by atoms with E-state index in [0.29, 0.717) is 11.8 Å². The van der Waals surface area contributed by atoms with Crippen LogP contribution in [0.3, 0.4) is 0 Å². The third kappa shape index (κ3) is 14.8. The number of rotatable bonds is 5. The smallest absolute Gasteiger partial charge is 0.303 e. The summed E-state index contributed by atoms with van der Waals surface area (Å²) in [6.07, 6.45) is 4.53. The van der Waals surface area contributed by atoms with E-state index >= 15 is 0 Å². The van der Waals surface area contributed by atoms with Gasteiger partial charge in [0, 0.05) is 6.42 Å². The van der Waals surface area contributed by atoms with Crippen molar-refractivity contribution in [3.63, 3.8) is 0 Å². The van der Waals surface area contributed by atoms with E-state index in [1.54, 1.807) is 0 Å². The Kier molecular flexibility index (Phi) is 8.82. The Hall–Kier alpha value is 0.00247. The molecule has 78 valence electrons. The summed E-state index contributed by atoms with van der Waals surface area (Å²) in [7, 11) is 0. The lowest BCUT2D eigenvalue weighted by Crippen LogP contribution is -2.04. The fourth-order valence-corrected chi connectivity index (χ4v) is 1.11. The van der Waals surface area contributed by atoms with Crippen molar-refractivity contribution in [2.75, 3.05) is 0 Å². The standard InChI is InChI=1S/C10H20O2.Al.3H/c1-10(2,3)8-6-4-5-7-9(11)12;;;;/h4-8H2,1-3H3,(H,11,12);;;;. The number of carboxylic acids is 1. The first-order chi connectivity index (χ1) is 5.42. The highest BCUT2D eigenvalue weighted by Crippen LogP contribution is 2.22. The first kappa shape index (κ1) is 15.5. The molecule has 0 amide bonds. The molecule has 0 aromatic heterocycles. The van der Waals surface area contributed by atoms with Crippen molar-refractivity contribution in [2.45, 2.75) is 52.9 Å². The van der Waals surface area contributed by atoms with Gasteiger partial charge in [-0.15, -0.1) is 0 Å². The van der Waals surface area contributed by atoms with Gasteiger partial charge < -0.3 is 5.11 Å². The summed E-state index contributed by atoms with van der Waals surface area (Å²) in [5.74, 6) is -0.675. The molecule has 0 rings (SSSR count). The maximum absolute atomic E-state index is 10.2. The van der Waals surface area contributed by atoms with Crippen molar-refractivity contribution in [1.29, 1.82) is 0 Å². The highest BCUT2D eigenvalue weighted by molar-refractivity contribution is 5.75. The molecule has 0 saturated heterocycles. The van der Waals surface area contributed by atoms with Gasteiger partial charge in [-0.3, -0.25) is 4.79 Å². The van der Waals surface area contributed by atoms with Gasteiger partial charge in [0.15, 0.2) is 17.4 Å². The molecule has 0 bridgehead atoms. The molecule has 1 N–H and O–H groups in total. The minimum atomic E-state index is -0.675. The minimum Gasteiger partial charge on any atom is -0.481 e. The van der Waals surface area contributed by atoms with Crippen LogP contribution in [0.4, 0.5) is 0 Å². The number of unbranched alkanes of at least 4 members (excludes halogenated alkanes) is 2. The topological polar surface area (TPSA) is 37.3 Å². The van der Waals surface area contributed by atoms with Crippen LogP contribution in [-0.4, -0.2) is 28.4 Å². The van der Waals surface area contributed by atoms with Gasteiger partial charge >= 0.3 is 5.97 Å². The first-order valence-electron chi connectivity index (χ1n) is 4.63. The Morgan fingerprint density at radius 3 is 2.08 bits per heavy atom. The molecule has 0 radical (unpaired) electrons. The number of aliphatic carboxylic acids is 1. The molecule has 13 heavy (non-hydrogen) atoms. The SMILES string of the molecule is CC(C)(C)CCCCCC(=O)O.[AlH3].